The van der Waals surface area contributed by atoms with E-state index in [2.05, 4.69) is 0 Å². The average molecular weight is 509 g/mol. The van der Waals surface area contributed by atoms with Crippen LogP contribution in [0.5, 0.6) is 28.7 Å². The summed E-state index contributed by atoms with van der Waals surface area (Å²) in [5.41, 5.74) is 1.55. The Kier molecular flexibility index (Phi) is 10.0. The van der Waals surface area contributed by atoms with Crippen molar-refractivity contribution in [3.05, 3.63) is 41.5 Å². The van der Waals surface area contributed by atoms with Crippen LogP contribution in [-0.2, 0) is 17.6 Å². The number of ether oxygens (including phenoxy) is 4. The summed E-state index contributed by atoms with van der Waals surface area (Å²) in [7, 11) is 2.87. The van der Waals surface area contributed by atoms with Gasteiger partial charge in [-0.1, -0.05) is 6.07 Å². The molecule has 0 heterocycles. The number of aliphatic hydroxyl groups is 4. The van der Waals surface area contributed by atoms with E-state index in [0.29, 0.717) is 37.0 Å². The van der Waals surface area contributed by atoms with Gasteiger partial charge in [-0.25, -0.2) is 0 Å². The van der Waals surface area contributed by atoms with Crippen molar-refractivity contribution >= 4 is 0 Å². The summed E-state index contributed by atoms with van der Waals surface area (Å²) in [5.74, 6) is -0.535. The Bertz CT molecular complexity index is 981. The van der Waals surface area contributed by atoms with Crippen LogP contribution in [-0.4, -0.2) is 76.8 Å². The second-order valence-corrected chi connectivity index (χ2v) is 8.96. The lowest BCUT2D eigenvalue weighted by Gasteiger charge is -2.41. The molecule has 10 heteroatoms. The number of hydrogen-bond acceptors (Lipinski definition) is 10. The smallest absolute Gasteiger partial charge is 0.200 e. The van der Waals surface area contributed by atoms with E-state index in [1.54, 1.807) is 24.3 Å². The minimum absolute atomic E-state index is 0.0361. The van der Waals surface area contributed by atoms with Gasteiger partial charge in [0.05, 0.1) is 32.5 Å². The molecule has 1 aliphatic rings. The normalized spacial score (nSPS) is 22.7. The Labute approximate surface area is 210 Å². The van der Waals surface area contributed by atoms with Crippen LogP contribution in [0, 0.1) is 11.8 Å². The van der Waals surface area contributed by atoms with Gasteiger partial charge in [-0.2, -0.15) is 0 Å². The number of aliphatic hydroxyl groups excluding tert-OH is 4. The van der Waals surface area contributed by atoms with Crippen LogP contribution in [0.3, 0.4) is 0 Å². The monoisotopic (exact) mass is 508 g/mol. The molecule has 0 aromatic heterocycles. The highest BCUT2D eigenvalue weighted by Crippen LogP contribution is 2.41. The molecule has 0 bridgehead atoms. The van der Waals surface area contributed by atoms with E-state index in [1.807, 2.05) is 0 Å². The van der Waals surface area contributed by atoms with Crippen molar-refractivity contribution < 1.29 is 49.6 Å². The summed E-state index contributed by atoms with van der Waals surface area (Å²) in [6.07, 6.45) is 0.117. The number of benzene rings is 2. The first-order chi connectivity index (χ1) is 17.3. The maximum atomic E-state index is 11.3. The lowest BCUT2D eigenvalue weighted by atomic mass is 9.71. The van der Waals surface area contributed by atoms with Crippen LogP contribution in [0.2, 0.25) is 0 Å². The summed E-state index contributed by atoms with van der Waals surface area (Å²) in [4.78, 5) is 0. The van der Waals surface area contributed by atoms with Gasteiger partial charge in [0.1, 0.15) is 6.79 Å². The third-order valence-corrected chi connectivity index (χ3v) is 6.91. The topological polar surface area (TPSA) is 158 Å². The SMILES string of the molecule is COc1cc(CCC(OCO)C2CCC(O)C(Cc3cc(OC)c(O)c(OCO)c3)C2O)ccc1O. The molecular formula is C26H36O10. The van der Waals surface area contributed by atoms with Crippen molar-refractivity contribution in [2.75, 3.05) is 27.8 Å². The van der Waals surface area contributed by atoms with E-state index in [0.717, 1.165) is 5.56 Å². The van der Waals surface area contributed by atoms with Crippen LogP contribution in [0.4, 0.5) is 0 Å². The molecule has 10 nitrogen and oxygen atoms in total. The van der Waals surface area contributed by atoms with Crippen molar-refractivity contribution in [3.8, 4) is 28.7 Å². The molecule has 0 amide bonds. The lowest BCUT2D eigenvalue weighted by Crippen LogP contribution is -2.48. The Morgan fingerprint density at radius 3 is 2.25 bits per heavy atom. The summed E-state index contributed by atoms with van der Waals surface area (Å²) >= 11 is 0. The highest BCUT2D eigenvalue weighted by Gasteiger charge is 2.41. The fraction of sp³-hybridized carbons (Fsp3) is 0.538. The van der Waals surface area contributed by atoms with Crippen molar-refractivity contribution in [1.82, 2.24) is 0 Å². The molecule has 2 aromatic rings. The fourth-order valence-electron chi connectivity index (χ4n) is 5.02. The first-order valence-corrected chi connectivity index (χ1v) is 11.9. The van der Waals surface area contributed by atoms with Gasteiger partial charge in [0, 0.05) is 11.8 Å². The second-order valence-electron chi connectivity index (χ2n) is 8.96. The van der Waals surface area contributed by atoms with Crippen molar-refractivity contribution in [2.24, 2.45) is 11.8 Å². The van der Waals surface area contributed by atoms with Crippen molar-refractivity contribution in [2.45, 2.75) is 50.4 Å². The molecular weight excluding hydrogens is 472 g/mol. The molecule has 0 saturated heterocycles. The number of hydrogen-bond donors (Lipinski definition) is 6. The first kappa shape index (κ1) is 27.8. The highest BCUT2D eigenvalue weighted by molar-refractivity contribution is 5.53. The third kappa shape index (κ3) is 6.51. The van der Waals surface area contributed by atoms with Gasteiger partial charge in [0.25, 0.3) is 0 Å². The molecule has 36 heavy (non-hydrogen) atoms. The zero-order valence-corrected chi connectivity index (χ0v) is 20.5. The number of methoxy groups -OCH3 is 2. The zero-order chi connectivity index (χ0) is 26.2. The molecule has 200 valence electrons. The molecule has 1 saturated carbocycles. The van der Waals surface area contributed by atoms with Gasteiger partial charge in [-0.15, -0.1) is 0 Å². The molecule has 3 rings (SSSR count). The Hall–Kier alpha value is -2.76. The average Bonchev–Trinajstić information content (AvgIpc) is 2.87. The Balaban J connectivity index is 1.77. The molecule has 6 N–H and O–H groups in total. The van der Waals surface area contributed by atoms with Crippen LogP contribution in [0.1, 0.15) is 30.4 Å². The maximum absolute atomic E-state index is 11.3. The summed E-state index contributed by atoms with van der Waals surface area (Å²) in [5, 5.41) is 60.7. The number of phenolic OH excluding ortho intramolecular Hbond substituents is 2. The van der Waals surface area contributed by atoms with Gasteiger partial charge < -0.3 is 49.6 Å². The molecule has 0 radical (unpaired) electrons. The van der Waals surface area contributed by atoms with E-state index in [4.69, 9.17) is 24.1 Å². The van der Waals surface area contributed by atoms with E-state index >= 15 is 0 Å². The van der Waals surface area contributed by atoms with Crippen LogP contribution >= 0.6 is 0 Å². The molecule has 0 aliphatic heterocycles. The van der Waals surface area contributed by atoms with Crippen LogP contribution in [0.15, 0.2) is 30.3 Å². The number of rotatable bonds is 12. The fourth-order valence-corrected chi connectivity index (χ4v) is 5.02. The van der Waals surface area contributed by atoms with Crippen molar-refractivity contribution in [1.29, 1.82) is 0 Å². The second kappa shape index (κ2) is 13.0. The highest BCUT2D eigenvalue weighted by atomic mass is 16.6. The molecule has 1 aliphatic carbocycles. The minimum atomic E-state index is -0.929. The predicted octanol–water partition coefficient (Wildman–Crippen LogP) is 1.70. The van der Waals surface area contributed by atoms with E-state index < -0.39 is 37.8 Å². The van der Waals surface area contributed by atoms with E-state index in [1.165, 1.54) is 20.3 Å². The van der Waals surface area contributed by atoms with Gasteiger partial charge in [-0.05, 0) is 67.5 Å². The lowest BCUT2D eigenvalue weighted by molar-refractivity contribution is -0.136. The number of aryl methyl sites for hydroxylation is 1. The standard InChI is InChI=1S/C26H36O10/c1-33-22-10-15(3-6-20(22)30)4-8-21(35-13-27)17-5-7-19(29)18(25(17)31)9-16-11-23(34-2)26(32)24(12-16)36-14-28/h3,6,10-12,17-19,21,25,27-32H,4-5,7-9,13-14H2,1-2H3. The molecule has 1 fully saturated rings. The maximum Gasteiger partial charge on any atom is 0.200 e. The van der Waals surface area contributed by atoms with Gasteiger partial charge in [0.15, 0.2) is 29.8 Å². The van der Waals surface area contributed by atoms with E-state index in [9.17, 15) is 25.5 Å². The van der Waals surface area contributed by atoms with Gasteiger partial charge >= 0.3 is 0 Å². The first-order valence-electron chi connectivity index (χ1n) is 11.9. The molecule has 5 atom stereocenters. The molecule has 0 spiro atoms. The van der Waals surface area contributed by atoms with Crippen LogP contribution in [0.25, 0.3) is 0 Å². The summed E-state index contributed by atoms with van der Waals surface area (Å²) < 4.78 is 21.1. The summed E-state index contributed by atoms with van der Waals surface area (Å²) in [6.45, 7) is -1.14. The number of aromatic hydroxyl groups is 2. The quantitative estimate of drug-likeness (QED) is 0.233. The Morgan fingerprint density at radius 1 is 0.889 bits per heavy atom. The van der Waals surface area contributed by atoms with Gasteiger partial charge in [-0.3, -0.25) is 0 Å². The van der Waals surface area contributed by atoms with Crippen molar-refractivity contribution in [3.63, 3.8) is 0 Å². The Morgan fingerprint density at radius 2 is 1.58 bits per heavy atom. The summed E-state index contributed by atoms with van der Waals surface area (Å²) in [6, 6.07) is 8.21. The molecule has 2 aromatic carbocycles. The molecule has 5 unspecified atom stereocenters. The van der Waals surface area contributed by atoms with E-state index in [-0.39, 0.29) is 35.3 Å². The largest absolute Gasteiger partial charge is 0.504 e. The predicted molar refractivity (Wildman–Crippen MR) is 129 cm³/mol. The third-order valence-electron chi connectivity index (χ3n) is 6.91. The zero-order valence-electron chi connectivity index (χ0n) is 20.5. The van der Waals surface area contributed by atoms with Gasteiger partial charge in [0.2, 0.25) is 5.75 Å². The minimum Gasteiger partial charge on any atom is -0.504 e. The van der Waals surface area contributed by atoms with Crippen LogP contribution < -0.4 is 14.2 Å². The number of phenols is 2.